The molecule has 3 aromatic carbocycles. The van der Waals surface area contributed by atoms with Crippen molar-refractivity contribution in [2.75, 3.05) is 0 Å². The van der Waals surface area contributed by atoms with Crippen LogP contribution in [0.2, 0.25) is 5.02 Å². The van der Waals surface area contributed by atoms with E-state index < -0.39 is 0 Å². The lowest BCUT2D eigenvalue weighted by atomic mass is 9.90. The minimum atomic E-state index is -0.249. The number of nitrogens with zero attached hydrogens (tertiary/aromatic N) is 1. The molecule has 1 amide bonds. The Morgan fingerprint density at radius 2 is 1.90 bits per heavy atom. The molecule has 1 aliphatic carbocycles. The Bertz CT molecular complexity index is 1250. The van der Waals surface area contributed by atoms with Crippen molar-refractivity contribution in [1.29, 1.82) is 0 Å². The Morgan fingerprint density at radius 3 is 2.61 bits per heavy atom. The van der Waals surface area contributed by atoms with Gasteiger partial charge in [-0.2, -0.15) is 0 Å². The molecule has 1 aromatic heterocycles. The number of benzene rings is 3. The number of nitrogens with one attached hydrogen (secondary N) is 1. The number of aromatic amines is 1. The van der Waals surface area contributed by atoms with E-state index in [0.717, 1.165) is 40.8 Å². The van der Waals surface area contributed by atoms with E-state index in [1.807, 2.05) is 48.5 Å². The number of ether oxygens (including phenoxy) is 1. The first-order valence-corrected chi connectivity index (χ1v) is 10.8. The zero-order valence-corrected chi connectivity index (χ0v) is 17.6. The lowest BCUT2D eigenvalue weighted by molar-refractivity contribution is -0.118. The Balaban J connectivity index is 1.39. The first-order chi connectivity index (χ1) is 15.1. The van der Waals surface area contributed by atoms with Gasteiger partial charge in [-0.05, 0) is 78.8 Å². The largest absolute Gasteiger partial charge is 0.456 e. The van der Waals surface area contributed by atoms with Crippen LogP contribution in [0, 0.1) is 5.92 Å². The molecule has 3 N–H and O–H groups in total. The fourth-order valence-corrected chi connectivity index (χ4v) is 4.18. The fraction of sp³-hybridized carbons (Fsp3) is 0.200. The maximum Gasteiger partial charge on any atom is 0.218 e. The van der Waals surface area contributed by atoms with E-state index in [2.05, 4.69) is 17.1 Å². The molecule has 1 aliphatic rings. The van der Waals surface area contributed by atoms with E-state index in [0.29, 0.717) is 28.9 Å². The smallest absolute Gasteiger partial charge is 0.218 e. The average molecular weight is 432 g/mol. The number of imidazole rings is 1. The van der Waals surface area contributed by atoms with Gasteiger partial charge in [0.1, 0.15) is 17.3 Å². The number of carbonyl (C=O) groups is 1. The number of hydrogen-bond acceptors (Lipinski definition) is 3. The molecular formula is C25H22ClN3O2. The normalized spacial score (nSPS) is 14.5. The summed E-state index contributed by atoms with van der Waals surface area (Å²) in [6, 6.07) is 21.3. The van der Waals surface area contributed by atoms with Gasteiger partial charge >= 0.3 is 0 Å². The highest BCUT2D eigenvalue weighted by molar-refractivity contribution is 6.32. The molecule has 1 unspecified atom stereocenters. The highest BCUT2D eigenvalue weighted by atomic mass is 35.5. The third kappa shape index (κ3) is 4.28. The maximum absolute atomic E-state index is 11.5. The molecule has 156 valence electrons. The zero-order chi connectivity index (χ0) is 21.4. The van der Waals surface area contributed by atoms with Crippen molar-refractivity contribution in [3.05, 3.63) is 77.3 Å². The van der Waals surface area contributed by atoms with Crippen molar-refractivity contribution in [3.8, 4) is 22.9 Å². The molecule has 5 nitrogen and oxygen atoms in total. The molecule has 4 aromatic rings. The van der Waals surface area contributed by atoms with Gasteiger partial charge in [0.2, 0.25) is 5.91 Å². The molecule has 1 atom stereocenters. The fourth-order valence-electron chi connectivity index (χ4n) is 4.00. The molecule has 31 heavy (non-hydrogen) atoms. The monoisotopic (exact) mass is 431 g/mol. The summed E-state index contributed by atoms with van der Waals surface area (Å²) in [6.45, 7) is 0. The van der Waals surface area contributed by atoms with Crippen LogP contribution in [-0.2, 0) is 4.79 Å². The van der Waals surface area contributed by atoms with E-state index in [1.165, 1.54) is 0 Å². The summed E-state index contributed by atoms with van der Waals surface area (Å²) < 4.78 is 5.86. The van der Waals surface area contributed by atoms with E-state index in [1.54, 1.807) is 6.07 Å². The second-order valence-corrected chi connectivity index (χ2v) is 8.44. The van der Waals surface area contributed by atoms with Crippen LogP contribution in [-0.4, -0.2) is 15.9 Å². The third-order valence-electron chi connectivity index (χ3n) is 5.74. The summed E-state index contributed by atoms with van der Waals surface area (Å²) in [6.07, 6.45) is 2.71. The molecule has 0 bridgehead atoms. The molecule has 6 heteroatoms. The Labute approximate surface area is 185 Å². The minimum Gasteiger partial charge on any atom is -0.456 e. The first-order valence-electron chi connectivity index (χ1n) is 10.4. The van der Waals surface area contributed by atoms with Crippen LogP contribution in [0.25, 0.3) is 22.4 Å². The number of carbonyl (C=O) groups excluding carboxylic acids is 1. The molecule has 0 spiro atoms. The van der Waals surface area contributed by atoms with Gasteiger partial charge in [-0.15, -0.1) is 0 Å². The summed E-state index contributed by atoms with van der Waals surface area (Å²) in [4.78, 5) is 19.6. The maximum atomic E-state index is 11.5. The van der Waals surface area contributed by atoms with Crippen molar-refractivity contribution in [2.45, 2.75) is 25.2 Å². The molecule has 1 fully saturated rings. The average Bonchev–Trinajstić information content (AvgIpc) is 3.52. The van der Waals surface area contributed by atoms with Gasteiger partial charge in [-0.25, -0.2) is 4.98 Å². The van der Waals surface area contributed by atoms with Crippen molar-refractivity contribution in [2.24, 2.45) is 11.7 Å². The van der Waals surface area contributed by atoms with Crippen LogP contribution in [0.1, 0.15) is 30.7 Å². The van der Waals surface area contributed by atoms with Gasteiger partial charge in [0.05, 0.1) is 16.1 Å². The van der Waals surface area contributed by atoms with Crippen LogP contribution in [0.4, 0.5) is 0 Å². The topological polar surface area (TPSA) is 81.0 Å². The number of rotatable bonds is 7. The molecule has 0 saturated heterocycles. The second kappa shape index (κ2) is 8.08. The molecule has 1 heterocycles. The summed E-state index contributed by atoms with van der Waals surface area (Å²) in [5, 5.41) is 0.570. The molecule has 0 radical (unpaired) electrons. The van der Waals surface area contributed by atoms with Crippen LogP contribution < -0.4 is 10.5 Å². The van der Waals surface area contributed by atoms with E-state index >= 15 is 0 Å². The Morgan fingerprint density at radius 1 is 1.13 bits per heavy atom. The SMILES string of the molecule is NC(=O)CC(c1ccc2nc(-c3ccc(Oc4ccccc4Cl)cc3)[nH]c2c1)C1CC1. The summed E-state index contributed by atoms with van der Waals surface area (Å²) in [5.41, 5.74) is 9.44. The van der Waals surface area contributed by atoms with Gasteiger partial charge in [0, 0.05) is 12.0 Å². The third-order valence-corrected chi connectivity index (χ3v) is 6.05. The molecule has 1 saturated carbocycles. The van der Waals surface area contributed by atoms with Gasteiger partial charge in [0.15, 0.2) is 0 Å². The quantitative estimate of drug-likeness (QED) is 0.374. The summed E-state index contributed by atoms with van der Waals surface area (Å²) >= 11 is 6.17. The number of aromatic nitrogens is 2. The van der Waals surface area contributed by atoms with Gasteiger partial charge in [-0.3, -0.25) is 4.79 Å². The number of primary amides is 1. The standard InChI is InChI=1S/C25H22ClN3O2/c26-20-3-1-2-4-23(20)31-18-10-7-16(8-11-18)25-28-21-12-9-17(13-22(21)29-25)19(14-24(27)30)15-5-6-15/h1-4,7-13,15,19H,5-6,14H2,(H2,27,30)(H,28,29). The van der Waals surface area contributed by atoms with Gasteiger partial charge in [0.25, 0.3) is 0 Å². The van der Waals surface area contributed by atoms with Crippen LogP contribution in [0.15, 0.2) is 66.7 Å². The number of H-pyrrole nitrogens is 1. The van der Waals surface area contributed by atoms with Crippen molar-refractivity contribution in [3.63, 3.8) is 0 Å². The lowest BCUT2D eigenvalue weighted by Crippen LogP contribution is -2.16. The van der Waals surface area contributed by atoms with E-state index in [9.17, 15) is 4.79 Å². The molecule has 5 rings (SSSR count). The van der Waals surface area contributed by atoms with E-state index in [-0.39, 0.29) is 11.8 Å². The number of hydrogen-bond donors (Lipinski definition) is 2. The summed E-state index contributed by atoms with van der Waals surface area (Å²) in [5.74, 6) is 2.60. The summed E-state index contributed by atoms with van der Waals surface area (Å²) in [7, 11) is 0. The number of amides is 1. The predicted octanol–water partition coefficient (Wildman–Crippen LogP) is 6.04. The zero-order valence-electron chi connectivity index (χ0n) is 16.8. The predicted molar refractivity (Wildman–Crippen MR) is 122 cm³/mol. The van der Waals surface area contributed by atoms with Gasteiger partial charge in [-0.1, -0.05) is 29.8 Å². The second-order valence-electron chi connectivity index (χ2n) is 8.03. The van der Waals surface area contributed by atoms with Crippen molar-refractivity contribution < 1.29 is 9.53 Å². The van der Waals surface area contributed by atoms with Gasteiger partial charge < -0.3 is 15.5 Å². The van der Waals surface area contributed by atoms with Crippen LogP contribution in [0.5, 0.6) is 11.5 Å². The number of para-hydroxylation sites is 1. The Hall–Kier alpha value is -3.31. The van der Waals surface area contributed by atoms with Crippen molar-refractivity contribution in [1.82, 2.24) is 9.97 Å². The molecular weight excluding hydrogens is 410 g/mol. The van der Waals surface area contributed by atoms with Crippen molar-refractivity contribution >= 4 is 28.5 Å². The Kier molecular flexibility index (Phi) is 5.12. The van der Waals surface area contributed by atoms with Crippen LogP contribution >= 0.6 is 11.6 Å². The highest BCUT2D eigenvalue weighted by Crippen LogP contribution is 2.44. The highest BCUT2D eigenvalue weighted by Gasteiger charge is 2.33. The lowest BCUT2D eigenvalue weighted by Gasteiger charge is -2.14. The number of nitrogens with two attached hydrogens (primary N) is 1. The van der Waals surface area contributed by atoms with Crippen LogP contribution in [0.3, 0.4) is 0 Å². The van der Waals surface area contributed by atoms with E-state index in [4.69, 9.17) is 27.1 Å². The number of fused-ring (bicyclic) bond motifs is 1. The first kappa shape index (κ1) is 19.6. The minimum absolute atomic E-state index is 0.190. The number of halogens is 1. The molecule has 0 aliphatic heterocycles.